The van der Waals surface area contributed by atoms with Gasteiger partial charge < -0.3 is 5.32 Å². The second-order valence-corrected chi connectivity index (χ2v) is 8.75. The summed E-state index contributed by atoms with van der Waals surface area (Å²) in [5.41, 5.74) is 0.695. The molecule has 0 saturated heterocycles. The molecular formula is C13H16Cl3NO2S. The van der Waals surface area contributed by atoms with Gasteiger partial charge in [0.15, 0.2) is 0 Å². The maximum atomic E-state index is 11.7. The Balaban J connectivity index is 2.12. The predicted molar refractivity (Wildman–Crippen MR) is 86.0 cm³/mol. The summed E-state index contributed by atoms with van der Waals surface area (Å²) in [5, 5.41) is 4.31. The van der Waals surface area contributed by atoms with E-state index in [0.29, 0.717) is 27.2 Å². The summed E-state index contributed by atoms with van der Waals surface area (Å²) in [6.07, 6.45) is 4.42. The van der Waals surface area contributed by atoms with E-state index in [1.807, 2.05) is 0 Å². The Bertz CT molecular complexity index is 604. The SMILES string of the molecule is CS(=O)(=O)C1CCCC(Nc2cc(Cl)c(Cl)cc2Cl)C1. The first-order chi connectivity index (χ1) is 9.27. The summed E-state index contributed by atoms with van der Waals surface area (Å²) >= 11 is 18.0. The number of halogens is 3. The Hall–Kier alpha value is -0.160. The normalized spacial score (nSPS) is 23.6. The van der Waals surface area contributed by atoms with Gasteiger partial charge in [-0.3, -0.25) is 0 Å². The zero-order chi connectivity index (χ0) is 14.9. The molecule has 1 aromatic carbocycles. The van der Waals surface area contributed by atoms with Crippen LogP contribution in [-0.4, -0.2) is 26.0 Å². The molecule has 0 spiro atoms. The number of hydrogen-bond acceptors (Lipinski definition) is 3. The predicted octanol–water partition coefficient (Wildman–Crippen LogP) is 4.41. The first-order valence-corrected chi connectivity index (χ1v) is 9.46. The van der Waals surface area contributed by atoms with Crippen molar-refractivity contribution in [3.05, 3.63) is 27.2 Å². The highest BCUT2D eigenvalue weighted by Crippen LogP contribution is 2.34. The summed E-state index contributed by atoms with van der Waals surface area (Å²) in [5.74, 6) is 0. The fourth-order valence-corrected chi connectivity index (χ4v) is 4.30. The van der Waals surface area contributed by atoms with Crippen molar-refractivity contribution in [2.75, 3.05) is 11.6 Å². The van der Waals surface area contributed by atoms with Crippen LogP contribution in [0.4, 0.5) is 5.69 Å². The zero-order valence-electron chi connectivity index (χ0n) is 11.0. The number of nitrogens with one attached hydrogen (secondary N) is 1. The first-order valence-electron chi connectivity index (χ1n) is 6.37. The minimum absolute atomic E-state index is 0.0817. The third-order valence-corrected chi connectivity index (χ3v) is 6.28. The van der Waals surface area contributed by atoms with Crippen molar-refractivity contribution in [3.8, 4) is 0 Å². The summed E-state index contributed by atoms with van der Waals surface area (Å²) in [6, 6.07) is 3.35. The summed E-state index contributed by atoms with van der Waals surface area (Å²) in [7, 11) is -3.00. The van der Waals surface area contributed by atoms with Gasteiger partial charge in [0.2, 0.25) is 0 Å². The minimum Gasteiger partial charge on any atom is -0.381 e. The van der Waals surface area contributed by atoms with Gasteiger partial charge >= 0.3 is 0 Å². The Labute approximate surface area is 134 Å². The van der Waals surface area contributed by atoms with Crippen LogP contribution < -0.4 is 5.32 Å². The van der Waals surface area contributed by atoms with Crippen molar-refractivity contribution in [3.63, 3.8) is 0 Å². The molecule has 112 valence electrons. The van der Waals surface area contributed by atoms with Crippen molar-refractivity contribution < 1.29 is 8.42 Å². The van der Waals surface area contributed by atoms with Gasteiger partial charge in [-0.25, -0.2) is 8.42 Å². The number of sulfone groups is 1. The van der Waals surface area contributed by atoms with Crippen LogP contribution in [0.1, 0.15) is 25.7 Å². The molecule has 0 bridgehead atoms. The molecule has 0 aliphatic heterocycles. The molecule has 20 heavy (non-hydrogen) atoms. The lowest BCUT2D eigenvalue weighted by Crippen LogP contribution is -2.34. The smallest absolute Gasteiger partial charge is 0.150 e. The Morgan fingerprint density at radius 3 is 2.40 bits per heavy atom. The maximum absolute atomic E-state index is 11.7. The maximum Gasteiger partial charge on any atom is 0.150 e. The van der Waals surface area contributed by atoms with E-state index in [1.54, 1.807) is 12.1 Å². The molecule has 0 heterocycles. The van der Waals surface area contributed by atoms with E-state index in [9.17, 15) is 8.42 Å². The zero-order valence-corrected chi connectivity index (χ0v) is 14.1. The van der Waals surface area contributed by atoms with Crippen molar-refractivity contribution in [1.29, 1.82) is 0 Å². The highest BCUT2D eigenvalue weighted by molar-refractivity contribution is 7.91. The number of anilines is 1. The largest absolute Gasteiger partial charge is 0.381 e. The summed E-state index contributed by atoms with van der Waals surface area (Å²) < 4.78 is 23.3. The lowest BCUT2D eigenvalue weighted by molar-refractivity contribution is 0.453. The highest BCUT2D eigenvalue weighted by atomic mass is 35.5. The van der Waals surface area contributed by atoms with E-state index >= 15 is 0 Å². The third-order valence-electron chi connectivity index (χ3n) is 3.60. The minimum atomic E-state index is -3.00. The fourth-order valence-electron chi connectivity index (χ4n) is 2.52. The summed E-state index contributed by atoms with van der Waals surface area (Å²) in [6.45, 7) is 0. The standard InChI is InChI=1S/C13H16Cl3NO2S/c1-20(18,19)9-4-2-3-8(5-9)17-13-7-11(15)10(14)6-12(13)16/h6-9,17H,2-5H2,1H3. The van der Waals surface area contributed by atoms with E-state index in [0.717, 1.165) is 19.3 Å². The Morgan fingerprint density at radius 2 is 1.75 bits per heavy atom. The van der Waals surface area contributed by atoms with Crippen LogP contribution in [0.5, 0.6) is 0 Å². The van der Waals surface area contributed by atoms with E-state index in [-0.39, 0.29) is 11.3 Å². The van der Waals surface area contributed by atoms with Gasteiger partial charge in [0.05, 0.1) is 26.0 Å². The van der Waals surface area contributed by atoms with Crippen LogP contribution in [0.2, 0.25) is 15.1 Å². The van der Waals surface area contributed by atoms with Crippen LogP contribution >= 0.6 is 34.8 Å². The molecule has 2 rings (SSSR count). The van der Waals surface area contributed by atoms with Gasteiger partial charge in [0, 0.05) is 12.3 Å². The lowest BCUT2D eigenvalue weighted by Gasteiger charge is -2.29. The molecule has 1 aromatic rings. The molecule has 1 saturated carbocycles. The molecule has 0 aromatic heterocycles. The van der Waals surface area contributed by atoms with Gasteiger partial charge in [-0.2, -0.15) is 0 Å². The number of rotatable bonds is 3. The van der Waals surface area contributed by atoms with E-state index in [1.165, 1.54) is 6.26 Å². The molecule has 2 unspecified atom stereocenters. The van der Waals surface area contributed by atoms with Crippen molar-refractivity contribution in [1.82, 2.24) is 0 Å². The topological polar surface area (TPSA) is 46.2 Å². The lowest BCUT2D eigenvalue weighted by atomic mass is 9.95. The van der Waals surface area contributed by atoms with Gasteiger partial charge in [0.1, 0.15) is 9.84 Å². The quantitative estimate of drug-likeness (QED) is 0.816. The molecule has 0 radical (unpaired) electrons. The van der Waals surface area contributed by atoms with Crippen LogP contribution in [0.25, 0.3) is 0 Å². The fraction of sp³-hybridized carbons (Fsp3) is 0.538. The number of hydrogen-bond donors (Lipinski definition) is 1. The van der Waals surface area contributed by atoms with E-state index in [4.69, 9.17) is 34.8 Å². The molecular weight excluding hydrogens is 341 g/mol. The number of benzene rings is 1. The molecule has 0 amide bonds. The van der Waals surface area contributed by atoms with Crippen LogP contribution in [0, 0.1) is 0 Å². The second kappa shape index (κ2) is 6.30. The van der Waals surface area contributed by atoms with Crippen molar-refractivity contribution in [2.45, 2.75) is 37.0 Å². The van der Waals surface area contributed by atoms with Crippen molar-refractivity contribution in [2.24, 2.45) is 0 Å². The molecule has 1 fully saturated rings. The molecule has 3 nitrogen and oxygen atoms in total. The van der Waals surface area contributed by atoms with Gasteiger partial charge in [-0.15, -0.1) is 0 Å². The first kappa shape index (κ1) is 16.2. The Kier molecular flexibility index (Phi) is 5.11. The monoisotopic (exact) mass is 355 g/mol. The Morgan fingerprint density at radius 1 is 1.10 bits per heavy atom. The third kappa shape index (κ3) is 3.94. The molecule has 2 atom stereocenters. The average Bonchev–Trinajstić information content (AvgIpc) is 2.35. The van der Waals surface area contributed by atoms with Crippen LogP contribution in [-0.2, 0) is 9.84 Å². The van der Waals surface area contributed by atoms with E-state index < -0.39 is 9.84 Å². The summed E-state index contributed by atoms with van der Waals surface area (Å²) in [4.78, 5) is 0. The second-order valence-electron chi connectivity index (χ2n) is 5.21. The van der Waals surface area contributed by atoms with Gasteiger partial charge in [0.25, 0.3) is 0 Å². The molecule has 1 N–H and O–H groups in total. The van der Waals surface area contributed by atoms with Crippen molar-refractivity contribution >= 4 is 50.3 Å². The van der Waals surface area contributed by atoms with Crippen LogP contribution in [0.3, 0.4) is 0 Å². The molecule has 7 heteroatoms. The van der Waals surface area contributed by atoms with Gasteiger partial charge in [-0.1, -0.05) is 41.2 Å². The van der Waals surface area contributed by atoms with Crippen LogP contribution in [0.15, 0.2) is 12.1 Å². The molecule has 1 aliphatic rings. The van der Waals surface area contributed by atoms with Gasteiger partial charge in [-0.05, 0) is 31.4 Å². The average molecular weight is 357 g/mol. The van der Waals surface area contributed by atoms with E-state index in [2.05, 4.69) is 5.32 Å². The highest BCUT2D eigenvalue weighted by Gasteiger charge is 2.29. The molecule has 1 aliphatic carbocycles.